The van der Waals surface area contributed by atoms with Crippen LogP contribution in [0.25, 0.3) is 0 Å². The van der Waals surface area contributed by atoms with Crippen molar-refractivity contribution in [3.05, 3.63) is 48.7 Å². The lowest BCUT2D eigenvalue weighted by atomic mass is 10.3. The number of hydrogen-bond donors (Lipinski definition) is 2. The van der Waals surface area contributed by atoms with Gasteiger partial charge in [-0.1, -0.05) is 18.2 Å². The Morgan fingerprint density at radius 2 is 1.85 bits per heavy atom. The second-order valence-electron chi connectivity index (χ2n) is 4.56. The molecule has 2 rings (SSSR count). The molecule has 104 valence electrons. The van der Waals surface area contributed by atoms with E-state index < -0.39 is 0 Å². The van der Waals surface area contributed by atoms with Gasteiger partial charge in [-0.3, -0.25) is 4.79 Å². The van der Waals surface area contributed by atoms with Crippen molar-refractivity contribution in [1.29, 1.82) is 0 Å². The summed E-state index contributed by atoms with van der Waals surface area (Å²) in [6.45, 7) is 0.264. The maximum atomic E-state index is 11.5. The molecule has 0 saturated carbocycles. The second kappa shape index (κ2) is 6.56. The third-order valence-corrected chi connectivity index (χ3v) is 2.75. The first kappa shape index (κ1) is 13.9. The van der Waals surface area contributed by atoms with Gasteiger partial charge in [0.05, 0.1) is 18.4 Å². The number of aromatic nitrogens is 1. The number of likely N-dealkylation sites (N-methyl/N-ethyl adjacent to an activating group) is 1. The van der Waals surface area contributed by atoms with Crippen LogP contribution in [-0.4, -0.2) is 36.4 Å². The molecule has 5 heteroatoms. The minimum atomic E-state index is 0.0245. The predicted octanol–water partition coefficient (Wildman–Crippen LogP) is 2.33. The van der Waals surface area contributed by atoms with E-state index in [1.807, 2.05) is 42.5 Å². The second-order valence-corrected chi connectivity index (χ2v) is 4.56. The van der Waals surface area contributed by atoms with Gasteiger partial charge in [-0.05, 0) is 24.3 Å². The average molecular weight is 270 g/mol. The summed E-state index contributed by atoms with van der Waals surface area (Å²) in [7, 11) is 3.46. The van der Waals surface area contributed by atoms with Gasteiger partial charge in [0, 0.05) is 19.8 Å². The molecule has 0 radical (unpaired) electrons. The molecule has 20 heavy (non-hydrogen) atoms. The number of nitrogens with one attached hydrogen (secondary N) is 2. The number of benzene rings is 1. The van der Waals surface area contributed by atoms with Gasteiger partial charge < -0.3 is 15.5 Å². The van der Waals surface area contributed by atoms with Gasteiger partial charge in [0.1, 0.15) is 5.82 Å². The molecule has 5 nitrogen and oxygen atoms in total. The summed E-state index contributed by atoms with van der Waals surface area (Å²) in [6.07, 6.45) is 1.70. The first-order valence-electron chi connectivity index (χ1n) is 6.37. The first-order valence-corrected chi connectivity index (χ1v) is 6.37. The third-order valence-electron chi connectivity index (χ3n) is 2.75. The summed E-state index contributed by atoms with van der Waals surface area (Å²) < 4.78 is 0. The van der Waals surface area contributed by atoms with Crippen LogP contribution >= 0.6 is 0 Å². The molecule has 1 aromatic heterocycles. The van der Waals surface area contributed by atoms with Crippen molar-refractivity contribution >= 4 is 23.1 Å². The van der Waals surface area contributed by atoms with Crippen LogP contribution < -0.4 is 10.6 Å². The number of hydrogen-bond acceptors (Lipinski definition) is 4. The lowest BCUT2D eigenvalue weighted by Crippen LogP contribution is -2.28. The summed E-state index contributed by atoms with van der Waals surface area (Å²) in [5.41, 5.74) is 1.81. The minimum Gasteiger partial charge on any atom is -0.375 e. The van der Waals surface area contributed by atoms with Crippen molar-refractivity contribution in [3.63, 3.8) is 0 Å². The molecular weight excluding hydrogens is 252 g/mol. The highest BCUT2D eigenvalue weighted by molar-refractivity contribution is 5.80. The van der Waals surface area contributed by atoms with E-state index in [2.05, 4.69) is 15.6 Å². The smallest absolute Gasteiger partial charge is 0.241 e. The minimum absolute atomic E-state index is 0.0245. The topological polar surface area (TPSA) is 57.3 Å². The number of pyridine rings is 1. The van der Waals surface area contributed by atoms with E-state index in [1.54, 1.807) is 25.2 Å². The Morgan fingerprint density at radius 3 is 2.45 bits per heavy atom. The number of rotatable bonds is 5. The molecule has 0 bridgehead atoms. The monoisotopic (exact) mass is 270 g/mol. The normalized spacial score (nSPS) is 9.90. The number of carbonyl (C=O) groups is 1. The third kappa shape index (κ3) is 3.98. The van der Waals surface area contributed by atoms with E-state index in [1.165, 1.54) is 0 Å². The molecule has 0 aliphatic rings. The van der Waals surface area contributed by atoms with E-state index in [0.29, 0.717) is 0 Å². The molecular formula is C15H18N4O. The fraction of sp³-hybridized carbons (Fsp3) is 0.200. The summed E-state index contributed by atoms with van der Waals surface area (Å²) in [5.74, 6) is 0.789. The number of carbonyl (C=O) groups excluding carboxylic acids is 1. The molecule has 1 aromatic carbocycles. The highest BCUT2D eigenvalue weighted by Crippen LogP contribution is 2.15. The Kier molecular flexibility index (Phi) is 4.55. The van der Waals surface area contributed by atoms with E-state index >= 15 is 0 Å². The predicted molar refractivity (Wildman–Crippen MR) is 81.1 cm³/mol. The largest absolute Gasteiger partial charge is 0.375 e. The van der Waals surface area contributed by atoms with Crippen molar-refractivity contribution in [2.75, 3.05) is 31.3 Å². The highest BCUT2D eigenvalue weighted by atomic mass is 16.2. The molecule has 0 fully saturated rings. The van der Waals surface area contributed by atoms with Crippen LogP contribution in [-0.2, 0) is 4.79 Å². The quantitative estimate of drug-likeness (QED) is 0.875. The van der Waals surface area contributed by atoms with Crippen molar-refractivity contribution in [2.24, 2.45) is 0 Å². The van der Waals surface area contributed by atoms with Crippen molar-refractivity contribution in [3.8, 4) is 0 Å². The van der Waals surface area contributed by atoms with Gasteiger partial charge in [0.15, 0.2) is 0 Å². The lowest BCUT2D eigenvalue weighted by Gasteiger charge is -2.12. The Bertz CT molecular complexity index is 552. The maximum Gasteiger partial charge on any atom is 0.241 e. The van der Waals surface area contributed by atoms with Gasteiger partial charge in [0.2, 0.25) is 5.91 Å². The standard InChI is InChI=1S/C15H18N4O/c1-19(2)15(20)11-16-13-8-9-14(17-10-13)18-12-6-4-3-5-7-12/h3-10,16H,11H2,1-2H3,(H,17,18). The highest BCUT2D eigenvalue weighted by Gasteiger charge is 2.03. The number of anilines is 3. The van der Waals surface area contributed by atoms with E-state index in [0.717, 1.165) is 17.2 Å². The van der Waals surface area contributed by atoms with Crippen LogP contribution in [0, 0.1) is 0 Å². The Morgan fingerprint density at radius 1 is 1.10 bits per heavy atom. The summed E-state index contributed by atoms with van der Waals surface area (Å²) in [4.78, 5) is 17.3. The Balaban J connectivity index is 1.91. The van der Waals surface area contributed by atoms with Gasteiger partial charge in [0.25, 0.3) is 0 Å². The van der Waals surface area contributed by atoms with Crippen molar-refractivity contribution in [1.82, 2.24) is 9.88 Å². The van der Waals surface area contributed by atoms with Gasteiger partial charge in [-0.15, -0.1) is 0 Å². The maximum absolute atomic E-state index is 11.5. The van der Waals surface area contributed by atoms with Crippen molar-refractivity contribution < 1.29 is 4.79 Å². The first-order chi connectivity index (χ1) is 9.65. The molecule has 0 atom stereocenters. The molecule has 1 heterocycles. The molecule has 1 amide bonds. The zero-order chi connectivity index (χ0) is 14.4. The molecule has 2 aromatic rings. The fourth-order valence-corrected chi connectivity index (χ4v) is 1.58. The Labute approximate surface area is 118 Å². The lowest BCUT2D eigenvalue weighted by molar-refractivity contribution is -0.126. The fourth-order valence-electron chi connectivity index (χ4n) is 1.58. The molecule has 0 saturated heterocycles. The number of para-hydroxylation sites is 1. The van der Waals surface area contributed by atoms with Gasteiger partial charge in [-0.25, -0.2) is 4.98 Å². The van der Waals surface area contributed by atoms with E-state index in [9.17, 15) is 4.79 Å². The molecule has 2 N–H and O–H groups in total. The van der Waals surface area contributed by atoms with E-state index in [4.69, 9.17) is 0 Å². The van der Waals surface area contributed by atoms with E-state index in [-0.39, 0.29) is 12.5 Å². The molecule has 0 aliphatic carbocycles. The van der Waals surface area contributed by atoms with Gasteiger partial charge in [-0.2, -0.15) is 0 Å². The van der Waals surface area contributed by atoms with Crippen LogP contribution in [0.2, 0.25) is 0 Å². The van der Waals surface area contributed by atoms with Crippen LogP contribution in [0.3, 0.4) is 0 Å². The molecule has 0 aliphatic heterocycles. The molecule has 0 unspecified atom stereocenters. The summed E-state index contributed by atoms with van der Waals surface area (Å²) >= 11 is 0. The number of nitrogens with zero attached hydrogens (tertiary/aromatic N) is 2. The summed E-state index contributed by atoms with van der Waals surface area (Å²) in [6, 6.07) is 13.6. The Hall–Kier alpha value is -2.56. The molecule has 0 spiro atoms. The van der Waals surface area contributed by atoms with Crippen molar-refractivity contribution in [2.45, 2.75) is 0 Å². The van der Waals surface area contributed by atoms with Crippen LogP contribution in [0.15, 0.2) is 48.7 Å². The van der Waals surface area contributed by atoms with Gasteiger partial charge >= 0.3 is 0 Å². The van der Waals surface area contributed by atoms with Crippen LogP contribution in [0.1, 0.15) is 0 Å². The zero-order valence-electron chi connectivity index (χ0n) is 11.6. The number of amides is 1. The van der Waals surface area contributed by atoms with Crippen LogP contribution in [0.4, 0.5) is 17.2 Å². The average Bonchev–Trinajstić information content (AvgIpc) is 2.47. The SMILES string of the molecule is CN(C)C(=O)CNc1ccc(Nc2ccccc2)nc1. The zero-order valence-corrected chi connectivity index (χ0v) is 11.6. The summed E-state index contributed by atoms with van der Waals surface area (Å²) in [5, 5.41) is 6.24. The van der Waals surface area contributed by atoms with Crippen LogP contribution in [0.5, 0.6) is 0 Å².